The Bertz CT molecular complexity index is 437. The van der Waals surface area contributed by atoms with Crippen LogP contribution in [0.1, 0.15) is 53.3 Å². The average Bonchev–Trinajstić information content (AvgIpc) is 2.81. The number of nitrogens with one attached hydrogen (secondary N) is 2. The summed E-state index contributed by atoms with van der Waals surface area (Å²) in [7, 11) is 0. The van der Waals surface area contributed by atoms with Crippen LogP contribution < -0.4 is 10.6 Å². The van der Waals surface area contributed by atoms with Crippen LogP contribution in [0.2, 0.25) is 0 Å². The van der Waals surface area contributed by atoms with E-state index in [0.29, 0.717) is 24.2 Å². The highest BCUT2D eigenvalue weighted by Crippen LogP contribution is 2.19. The van der Waals surface area contributed by atoms with Gasteiger partial charge in [-0.1, -0.05) is 39.8 Å². The first-order chi connectivity index (χ1) is 9.32. The fourth-order valence-electron chi connectivity index (χ4n) is 1.42. The van der Waals surface area contributed by atoms with Crippen molar-refractivity contribution in [3.05, 3.63) is 11.7 Å². The highest BCUT2D eigenvalue weighted by atomic mass is 127. The number of nitrogens with zero attached hydrogens (tertiary/aromatic N) is 3. The molecule has 1 aromatic rings. The van der Waals surface area contributed by atoms with Gasteiger partial charge in [-0.15, -0.1) is 24.0 Å². The molecule has 21 heavy (non-hydrogen) atoms. The van der Waals surface area contributed by atoms with E-state index in [1.807, 2.05) is 27.7 Å². The molecule has 1 rings (SSSR count). The Morgan fingerprint density at radius 2 is 1.95 bits per heavy atom. The zero-order valence-corrected chi connectivity index (χ0v) is 16.2. The number of aromatic nitrogens is 2. The van der Waals surface area contributed by atoms with Gasteiger partial charge in [0.1, 0.15) is 6.54 Å². The molecule has 0 amide bonds. The highest BCUT2D eigenvalue weighted by Gasteiger charge is 2.21. The van der Waals surface area contributed by atoms with Gasteiger partial charge >= 0.3 is 0 Å². The van der Waals surface area contributed by atoms with E-state index in [-0.39, 0.29) is 29.4 Å². The molecule has 2 N–H and O–H groups in total. The maximum absolute atomic E-state index is 5.25. The van der Waals surface area contributed by atoms with Crippen LogP contribution in [0.15, 0.2) is 9.52 Å². The minimum atomic E-state index is -0.130. The molecule has 0 spiro atoms. The smallest absolute Gasteiger partial charge is 0.232 e. The maximum atomic E-state index is 5.25. The van der Waals surface area contributed by atoms with Crippen molar-refractivity contribution in [3.63, 3.8) is 0 Å². The summed E-state index contributed by atoms with van der Waals surface area (Å²) in [4.78, 5) is 8.83. The van der Waals surface area contributed by atoms with Crippen molar-refractivity contribution < 1.29 is 4.52 Å². The van der Waals surface area contributed by atoms with E-state index in [1.54, 1.807) is 0 Å². The molecule has 0 fully saturated rings. The van der Waals surface area contributed by atoms with Gasteiger partial charge in [-0.05, 0) is 12.8 Å². The Kier molecular flexibility index (Phi) is 8.84. The molecule has 7 heteroatoms. The Morgan fingerprint density at radius 3 is 2.43 bits per heavy atom. The standard InChI is InChI=1S/C14H27N5O.HI/c1-7-15-13(16-8-10(2)3)17-9-11-18-12(20-19-11)14(4,5)6;/h10H,7-9H2,1-6H3,(H2,15,16,17);1H. The number of aliphatic imine (C=N–C) groups is 1. The topological polar surface area (TPSA) is 75.3 Å². The van der Waals surface area contributed by atoms with E-state index in [4.69, 9.17) is 4.52 Å². The molecule has 0 saturated carbocycles. The van der Waals surface area contributed by atoms with Crippen LogP contribution in [0.25, 0.3) is 0 Å². The van der Waals surface area contributed by atoms with E-state index < -0.39 is 0 Å². The molecule has 1 aromatic heterocycles. The predicted molar refractivity (Wildman–Crippen MR) is 96.1 cm³/mol. The molecule has 0 radical (unpaired) electrons. The van der Waals surface area contributed by atoms with Gasteiger partial charge in [0, 0.05) is 18.5 Å². The van der Waals surface area contributed by atoms with Gasteiger partial charge in [0.2, 0.25) is 5.89 Å². The number of hydrogen-bond donors (Lipinski definition) is 2. The summed E-state index contributed by atoms with van der Waals surface area (Å²) < 4.78 is 5.25. The zero-order valence-electron chi connectivity index (χ0n) is 13.9. The first-order valence-electron chi connectivity index (χ1n) is 7.18. The highest BCUT2D eigenvalue weighted by molar-refractivity contribution is 14.0. The number of halogens is 1. The lowest BCUT2D eigenvalue weighted by Crippen LogP contribution is -2.39. The summed E-state index contributed by atoms with van der Waals surface area (Å²) in [5.74, 6) is 2.60. The predicted octanol–water partition coefficient (Wildman–Crippen LogP) is 2.70. The van der Waals surface area contributed by atoms with Crippen molar-refractivity contribution in [1.82, 2.24) is 20.8 Å². The fourth-order valence-corrected chi connectivity index (χ4v) is 1.42. The fraction of sp³-hybridized carbons (Fsp3) is 0.786. The number of hydrogen-bond acceptors (Lipinski definition) is 4. The van der Waals surface area contributed by atoms with E-state index in [1.165, 1.54) is 0 Å². The summed E-state index contributed by atoms with van der Waals surface area (Å²) in [6.07, 6.45) is 0. The molecule has 6 nitrogen and oxygen atoms in total. The molecular weight excluding hydrogens is 381 g/mol. The van der Waals surface area contributed by atoms with E-state index in [9.17, 15) is 0 Å². The maximum Gasteiger partial charge on any atom is 0.232 e. The first-order valence-corrected chi connectivity index (χ1v) is 7.18. The second-order valence-corrected chi connectivity index (χ2v) is 6.24. The van der Waals surface area contributed by atoms with Crippen molar-refractivity contribution in [3.8, 4) is 0 Å². The van der Waals surface area contributed by atoms with Gasteiger partial charge in [0.15, 0.2) is 11.8 Å². The molecule has 0 aliphatic heterocycles. The van der Waals surface area contributed by atoms with Crippen molar-refractivity contribution in [2.45, 2.75) is 53.5 Å². The van der Waals surface area contributed by atoms with Crippen LogP contribution >= 0.6 is 24.0 Å². The zero-order chi connectivity index (χ0) is 15.2. The molecule has 0 unspecified atom stereocenters. The molecule has 0 saturated heterocycles. The minimum absolute atomic E-state index is 0. The van der Waals surface area contributed by atoms with Crippen LogP contribution in [0, 0.1) is 5.92 Å². The third-order valence-corrected chi connectivity index (χ3v) is 2.51. The summed E-state index contributed by atoms with van der Waals surface area (Å²) in [6, 6.07) is 0. The van der Waals surface area contributed by atoms with Crippen molar-refractivity contribution in [2.24, 2.45) is 10.9 Å². The Balaban J connectivity index is 0.00000400. The van der Waals surface area contributed by atoms with Crippen LogP contribution in [-0.4, -0.2) is 29.2 Å². The minimum Gasteiger partial charge on any atom is -0.357 e. The Hall–Kier alpha value is -0.860. The molecular formula is C14H28IN5O. The molecule has 0 bridgehead atoms. The lowest BCUT2D eigenvalue weighted by Gasteiger charge is -2.12. The second kappa shape index (κ2) is 9.22. The van der Waals surface area contributed by atoms with Crippen molar-refractivity contribution >= 4 is 29.9 Å². The van der Waals surface area contributed by atoms with Crippen LogP contribution in [0.3, 0.4) is 0 Å². The van der Waals surface area contributed by atoms with Crippen molar-refractivity contribution in [1.29, 1.82) is 0 Å². The van der Waals surface area contributed by atoms with Crippen molar-refractivity contribution in [2.75, 3.05) is 13.1 Å². The van der Waals surface area contributed by atoms with Gasteiger partial charge in [0.25, 0.3) is 0 Å². The Labute approximate surface area is 144 Å². The number of rotatable bonds is 5. The van der Waals surface area contributed by atoms with Gasteiger partial charge in [-0.2, -0.15) is 4.98 Å². The lowest BCUT2D eigenvalue weighted by atomic mass is 9.97. The van der Waals surface area contributed by atoms with Gasteiger partial charge in [-0.3, -0.25) is 0 Å². The molecule has 0 aliphatic carbocycles. The van der Waals surface area contributed by atoms with Gasteiger partial charge < -0.3 is 15.2 Å². The van der Waals surface area contributed by atoms with E-state index >= 15 is 0 Å². The summed E-state index contributed by atoms with van der Waals surface area (Å²) in [6.45, 7) is 14.6. The Morgan fingerprint density at radius 1 is 1.29 bits per heavy atom. The van der Waals surface area contributed by atoms with Crippen LogP contribution in [0.5, 0.6) is 0 Å². The van der Waals surface area contributed by atoms with Gasteiger partial charge in [0.05, 0.1) is 0 Å². The third kappa shape index (κ3) is 7.63. The van der Waals surface area contributed by atoms with Crippen LogP contribution in [-0.2, 0) is 12.0 Å². The quantitative estimate of drug-likeness (QED) is 0.445. The molecule has 0 aromatic carbocycles. The van der Waals surface area contributed by atoms with Gasteiger partial charge in [-0.25, -0.2) is 4.99 Å². The molecule has 1 heterocycles. The molecule has 0 aliphatic rings. The summed E-state index contributed by atoms with van der Waals surface area (Å²) in [5.41, 5.74) is -0.130. The number of guanidine groups is 1. The first kappa shape index (κ1) is 20.1. The van der Waals surface area contributed by atoms with E-state index in [0.717, 1.165) is 19.0 Å². The summed E-state index contributed by atoms with van der Waals surface area (Å²) in [5, 5.41) is 10.4. The third-order valence-electron chi connectivity index (χ3n) is 2.51. The monoisotopic (exact) mass is 409 g/mol. The van der Waals surface area contributed by atoms with Crippen LogP contribution in [0.4, 0.5) is 0 Å². The molecule has 0 atom stereocenters. The SMILES string of the molecule is CCNC(=NCc1noc(C(C)(C)C)n1)NCC(C)C.I. The van der Waals surface area contributed by atoms with E-state index in [2.05, 4.69) is 39.6 Å². The lowest BCUT2D eigenvalue weighted by molar-refractivity contribution is 0.318. The average molecular weight is 409 g/mol. The largest absolute Gasteiger partial charge is 0.357 e. The normalized spacial score (nSPS) is 12.2. The summed E-state index contributed by atoms with van der Waals surface area (Å²) >= 11 is 0. The second-order valence-electron chi connectivity index (χ2n) is 6.24. The molecule has 122 valence electrons.